The monoisotopic (exact) mass is 368 g/mol. The number of piperidine rings is 1. The number of hydrogen-bond acceptors (Lipinski definition) is 4. The van der Waals surface area contributed by atoms with E-state index in [0.29, 0.717) is 30.8 Å². The number of amides is 2. The first-order valence-corrected chi connectivity index (χ1v) is 9.10. The molecule has 0 radical (unpaired) electrons. The quantitative estimate of drug-likeness (QED) is 0.885. The predicted molar refractivity (Wildman–Crippen MR) is 102 cm³/mol. The second-order valence-corrected chi connectivity index (χ2v) is 7.09. The standard InChI is InChI=1S/C20H24N4O3/c1-3-20(19(21)27)11-4-12-24(13-20)18(26)15-7-5-14(6-8-15)16-9-10-17(25)23(2)22-16/h5-10H,3-4,11-13H2,1-2H3,(H2,21,27)/t20-/m1/s1. The van der Waals surface area contributed by atoms with E-state index in [1.165, 1.54) is 10.7 Å². The molecule has 1 fully saturated rings. The molecule has 7 heteroatoms. The van der Waals surface area contributed by atoms with E-state index in [1.54, 1.807) is 30.1 Å². The minimum atomic E-state index is -0.632. The second kappa shape index (κ2) is 7.34. The van der Waals surface area contributed by atoms with Crippen molar-refractivity contribution in [2.75, 3.05) is 13.1 Å². The minimum absolute atomic E-state index is 0.103. The lowest BCUT2D eigenvalue weighted by Gasteiger charge is -2.40. The third-order valence-electron chi connectivity index (χ3n) is 5.45. The van der Waals surface area contributed by atoms with Crippen molar-refractivity contribution < 1.29 is 9.59 Å². The van der Waals surface area contributed by atoms with E-state index in [0.717, 1.165) is 18.4 Å². The van der Waals surface area contributed by atoms with Gasteiger partial charge in [-0.1, -0.05) is 19.1 Å². The van der Waals surface area contributed by atoms with Crippen LogP contribution in [0.3, 0.4) is 0 Å². The van der Waals surface area contributed by atoms with E-state index in [1.807, 2.05) is 19.1 Å². The Labute approximate surface area is 157 Å². The average Bonchev–Trinajstić information content (AvgIpc) is 2.69. The zero-order valence-electron chi connectivity index (χ0n) is 15.6. The third-order valence-corrected chi connectivity index (χ3v) is 5.45. The van der Waals surface area contributed by atoms with Crippen molar-refractivity contribution in [3.05, 3.63) is 52.3 Å². The fourth-order valence-corrected chi connectivity index (χ4v) is 3.59. The highest BCUT2D eigenvalue weighted by Crippen LogP contribution is 2.33. The van der Waals surface area contributed by atoms with Crippen molar-refractivity contribution in [3.63, 3.8) is 0 Å². The van der Waals surface area contributed by atoms with Gasteiger partial charge < -0.3 is 10.6 Å². The Kier molecular flexibility index (Phi) is 5.12. The number of rotatable bonds is 4. The van der Waals surface area contributed by atoms with E-state index in [9.17, 15) is 14.4 Å². The summed E-state index contributed by atoms with van der Waals surface area (Å²) >= 11 is 0. The summed E-state index contributed by atoms with van der Waals surface area (Å²) in [5.41, 5.74) is 6.84. The molecule has 27 heavy (non-hydrogen) atoms. The van der Waals surface area contributed by atoms with Gasteiger partial charge in [0.1, 0.15) is 0 Å². The van der Waals surface area contributed by atoms with Crippen molar-refractivity contribution in [2.45, 2.75) is 26.2 Å². The highest BCUT2D eigenvalue weighted by molar-refractivity contribution is 5.95. The summed E-state index contributed by atoms with van der Waals surface area (Å²) in [6, 6.07) is 10.2. The molecule has 7 nitrogen and oxygen atoms in total. The van der Waals surface area contributed by atoms with Gasteiger partial charge in [0.05, 0.1) is 11.1 Å². The topological polar surface area (TPSA) is 98.3 Å². The van der Waals surface area contributed by atoms with Crippen LogP contribution in [0.4, 0.5) is 0 Å². The SMILES string of the molecule is CC[C@@]1(C(N)=O)CCCN(C(=O)c2ccc(-c3ccc(=O)n(C)n3)cc2)C1. The van der Waals surface area contributed by atoms with Crippen LogP contribution in [0.5, 0.6) is 0 Å². The lowest BCUT2D eigenvalue weighted by molar-refractivity contribution is -0.130. The van der Waals surface area contributed by atoms with Crippen LogP contribution in [-0.2, 0) is 11.8 Å². The van der Waals surface area contributed by atoms with Crippen molar-refractivity contribution >= 4 is 11.8 Å². The highest BCUT2D eigenvalue weighted by atomic mass is 16.2. The number of primary amides is 1. The molecule has 1 aromatic carbocycles. The summed E-state index contributed by atoms with van der Waals surface area (Å²) in [5.74, 6) is -0.438. The van der Waals surface area contributed by atoms with Gasteiger partial charge in [0, 0.05) is 37.3 Å². The number of nitrogens with zero attached hydrogens (tertiary/aromatic N) is 3. The summed E-state index contributed by atoms with van der Waals surface area (Å²) < 4.78 is 1.27. The number of benzene rings is 1. The summed E-state index contributed by atoms with van der Waals surface area (Å²) in [7, 11) is 1.60. The molecule has 2 heterocycles. The summed E-state index contributed by atoms with van der Waals surface area (Å²) in [4.78, 5) is 38.0. The van der Waals surface area contributed by atoms with Crippen LogP contribution in [0, 0.1) is 5.41 Å². The summed E-state index contributed by atoms with van der Waals surface area (Å²) in [5, 5.41) is 4.21. The first kappa shape index (κ1) is 18.8. The Morgan fingerprint density at radius 3 is 2.48 bits per heavy atom. The molecule has 0 aliphatic carbocycles. The number of nitrogens with two attached hydrogens (primary N) is 1. The molecule has 142 valence electrons. The van der Waals surface area contributed by atoms with Gasteiger partial charge in [-0.05, 0) is 37.5 Å². The van der Waals surface area contributed by atoms with Crippen molar-refractivity contribution in [1.82, 2.24) is 14.7 Å². The van der Waals surface area contributed by atoms with Crippen LogP contribution in [0.1, 0.15) is 36.5 Å². The Bertz CT molecular complexity index is 920. The van der Waals surface area contributed by atoms with E-state index in [4.69, 9.17) is 5.73 Å². The molecule has 2 N–H and O–H groups in total. The number of aryl methyl sites for hydroxylation is 1. The van der Waals surface area contributed by atoms with Crippen LogP contribution >= 0.6 is 0 Å². The number of aromatic nitrogens is 2. The largest absolute Gasteiger partial charge is 0.369 e. The fourth-order valence-electron chi connectivity index (χ4n) is 3.59. The molecule has 0 spiro atoms. The van der Waals surface area contributed by atoms with Gasteiger partial charge in [-0.3, -0.25) is 14.4 Å². The molecule has 2 amide bonds. The normalized spacial score (nSPS) is 19.7. The third kappa shape index (κ3) is 3.63. The van der Waals surface area contributed by atoms with Gasteiger partial charge in [0.15, 0.2) is 0 Å². The van der Waals surface area contributed by atoms with Crippen LogP contribution < -0.4 is 11.3 Å². The van der Waals surface area contributed by atoms with Gasteiger partial charge in [-0.2, -0.15) is 5.10 Å². The molecular formula is C20H24N4O3. The van der Waals surface area contributed by atoms with E-state index >= 15 is 0 Å². The zero-order valence-corrected chi connectivity index (χ0v) is 15.6. The minimum Gasteiger partial charge on any atom is -0.369 e. The molecule has 1 aliphatic heterocycles. The molecule has 1 atom stereocenters. The number of likely N-dealkylation sites (tertiary alicyclic amines) is 1. The maximum Gasteiger partial charge on any atom is 0.266 e. The smallest absolute Gasteiger partial charge is 0.266 e. The fraction of sp³-hybridized carbons (Fsp3) is 0.400. The molecule has 3 rings (SSSR count). The van der Waals surface area contributed by atoms with Crippen LogP contribution in [0.2, 0.25) is 0 Å². The molecule has 1 aliphatic rings. The van der Waals surface area contributed by atoms with Crippen molar-refractivity contribution in [1.29, 1.82) is 0 Å². The summed E-state index contributed by atoms with van der Waals surface area (Å²) in [6.45, 7) is 2.92. The van der Waals surface area contributed by atoms with E-state index in [-0.39, 0.29) is 17.4 Å². The molecule has 1 aromatic heterocycles. The Balaban J connectivity index is 1.80. The lowest BCUT2D eigenvalue weighted by Crippen LogP contribution is -2.51. The average molecular weight is 368 g/mol. The molecule has 0 bridgehead atoms. The maximum absolute atomic E-state index is 12.9. The maximum atomic E-state index is 12.9. The zero-order chi connectivity index (χ0) is 19.6. The molecule has 0 unspecified atom stereocenters. The van der Waals surface area contributed by atoms with Gasteiger partial charge in [0.2, 0.25) is 5.91 Å². The molecule has 0 saturated carbocycles. The van der Waals surface area contributed by atoms with E-state index < -0.39 is 5.41 Å². The van der Waals surface area contributed by atoms with Crippen LogP contribution in [-0.4, -0.2) is 39.6 Å². The molecule has 2 aromatic rings. The number of hydrogen-bond donors (Lipinski definition) is 1. The van der Waals surface area contributed by atoms with Crippen LogP contribution in [0.15, 0.2) is 41.2 Å². The highest BCUT2D eigenvalue weighted by Gasteiger charge is 2.40. The first-order valence-electron chi connectivity index (χ1n) is 9.10. The number of carbonyl (C=O) groups is 2. The van der Waals surface area contributed by atoms with Crippen molar-refractivity contribution in [3.8, 4) is 11.3 Å². The lowest BCUT2D eigenvalue weighted by atomic mass is 9.77. The first-order chi connectivity index (χ1) is 12.9. The number of carbonyl (C=O) groups excluding carboxylic acids is 2. The second-order valence-electron chi connectivity index (χ2n) is 7.09. The Hall–Kier alpha value is -2.96. The van der Waals surface area contributed by atoms with Gasteiger partial charge in [-0.15, -0.1) is 0 Å². The van der Waals surface area contributed by atoms with Gasteiger partial charge in [0.25, 0.3) is 11.5 Å². The predicted octanol–water partition coefficient (Wildman–Crippen LogP) is 1.56. The van der Waals surface area contributed by atoms with Gasteiger partial charge >= 0.3 is 0 Å². The van der Waals surface area contributed by atoms with Crippen LogP contribution in [0.25, 0.3) is 11.3 Å². The van der Waals surface area contributed by atoms with Gasteiger partial charge in [-0.25, -0.2) is 4.68 Å². The molecule has 1 saturated heterocycles. The Morgan fingerprint density at radius 2 is 1.89 bits per heavy atom. The van der Waals surface area contributed by atoms with E-state index in [2.05, 4.69) is 5.10 Å². The molecular weight excluding hydrogens is 344 g/mol. The Morgan fingerprint density at radius 1 is 1.19 bits per heavy atom. The summed E-state index contributed by atoms with van der Waals surface area (Å²) in [6.07, 6.45) is 2.12. The van der Waals surface area contributed by atoms with Crippen molar-refractivity contribution in [2.24, 2.45) is 18.2 Å².